The zero-order valence-corrected chi connectivity index (χ0v) is 20.9. The Balaban J connectivity index is 1.40. The molecule has 0 radical (unpaired) electrons. The van der Waals surface area contributed by atoms with Gasteiger partial charge in [-0.2, -0.15) is 0 Å². The number of amides is 4. The molecule has 1 heterocycles. The van der Waals surface area contributed by atoms with Crippen LogP contribution in [0.2, 0.25) is 0 Å². The van der Waals surface area contributed by atoms with Crippen molar-refractivity contribution < 1.29 is 24.3 Å². The standard InChI is InChI=1S/C29H30N4O5/c34-26-19-33(15-7-12-22(16-27(35)36)21-10-5-2-6-11-21)28(37)24-17-23(13-14-25(24)32-26)31-29(38)30-18-20-8-3-1-4-9-20/h1-6,8-11,13-14,17,22H,7,12,15-16,18-19H2,(H,32,34)(H,35,36)(H2,30,31,38)/t22-/m1/s1. The topological polar surface area (TPSA) is 128 Å². The highest BCUT2D eigenvalue weighted by atomic mass is 16.4. The molecule has 0 fully saturated rings. The molecule has 0 spiro atoms. The van der Waals surface area contributed by atoms with E-state index in [2.05, 4.69) is 16.0 Å². The molecule has 38 heavy (non-hydrogen) atoms. The van der Waals surface area contributed by atoms with Crippen molar-refractivity contribution in [1.82, 2.24) is 10.2 Å². The maximum Gasteiger partial charge on any atom is 0.319 e. The number of urea groups is 1. The maximum absolute atomic E-state index is 13.4. The van der Waals surface area contributed by atoms with Crippen LogP contribution in [0.3, 0.4) is 0 Å². The molecule has 0 unspecified atom stereocenters. The van der Waals surface area contributed by atoms with Gasteiger partial charge in [0.05, 0.1) is 17.7 Å². The highest BCUT2D eigenvalue weighted by Gasteiger charge is 2.27. The smallest absolute Gasteiger partial charge is 0.319 e. The van der Waals surface area contributed by atoms with Gasteiger partial charge in [0, 0.05) is 18.8 Å². The normalized spacial score (nSPS) is 13.6. The van der Waals surface area contributed by atoms with E-state index in [1.54, 1.807) is 18.2 Å². The summed E-state index contributed by atoms with van der Waals surface area (Å²) in [5.41, 5.74) is 2.97. The number of carboxylic acids is 1. The van der Waals surface area contributed by atoms with Gasteiger partial charge in [0.25, 0.3) is 5.91 Å². The quantitative estimate of drug-likeness (QED) is 0.318. The van der Waals surface area contributed by atoms with E-state index >= 15 is 0 Å². The highest BCUT2D eigenvalue weighted by molar-refractivity contribution is 6.09. The summed E-state index contributed by atoms with van der Waals surface area (Å²) in [5, 5.41) is 17.6. The van der Waals surface area contributed by atoms with Crippen LogP contribution in [0.15, 0.2) is 78.9 Å². The molecule has 196 valence electrons. The van der Waals surface area contributed by atoms with Crippen LogP contribution in [0.4, 0.5) is 16.2 Å². The summed E-state index contributed by atoms with van der Waals surface area (Å²) in [6, 6.07) is 23.3. The van der Waals surface area contributed by atoms with Crippen molar-refractivity contribution >= 4 is 35.2 Å². The summed E-state index contributed by atoms with van der Waals surface area (Å²) in [7, 11) is 0. The second kappa shape index (κ2) is 12.5. The largest absolute Gasteiger partial charge is 0.481 e. The number of fused-ring (bicyclic) bond motifs is 1. The minimum absolute atomic E-state index is 0.0113. The number of hydrogen-bond donors (Lipinski definition) is 4. The van der Waals surface area contributed by atoms with Crippen LogP contribution in [0.1, 0.15) is 46.7 Å². The summed E-state index contributed by atoms with van der Waals surface area (Å²) < 4.78 is 0. The minimum atomic E-state index is -0.883. The van der Waals surface area contributed by atoms with Crippen LogP contribution in [-0.2, 0) is 16.1 Å². The van der Waals surface area contributed by atoms with E-state index in [9.17, 15) is 24.3 Å². The van der Waals surface area contributed by atoms with Gasteiger partial charge in [-0.05, 0) is 48.1 Å². The predicted octanol–water partition coefficient (Wildman–Crippen LogP) is 4.44. The van der Waals surface area contributed by atoms with Gasteiger partial charge in [-0.15, -0.1) is 0 Å². The molecule has 1 aliphatic heterocycles. The van der Waals surface area contributed by atoms with Crippen LogP contribution in [0.5, 0.6) is 0 Å². The van der Waals surface area contributed by atoms with Crippen LogP contribution in [0.25, 0.3) is 0 Å². The van der Waals surface area contributed by atoms with E-state index in [1.807, 2.05) is 60.7 Å². The zero-order valence-electron chi connectivity index (χ0n) is 20.9. The van der Waals surface area contributed by atoms with Crippen LogP contribution in [-0.4, -0.2) is 46.9 Å². The molecular formula is C29H30N4O5. The van der Waals surface area contributed by atoms with E-state index in [0.717, 1.165) is 11.1 Å². The van der Waals surface area contributed by atoms with Gasteiger partial charge >= 0.3 is 12.0 Å². The average Bonchev–Trinajstić information content (AvgIpc) is 3.03. The summed E-state index contributed by atoms with van der Waals surface area (Å²) in [6.45, 7) is 0.541. The number of aliphatic carboxylic acids is 1. The summed E-state index contributed by atoms with van der Waals surface area (Å²) in [4.78, 5) is 51.1. The minimum Gasteiger partial charge on any atom is -0.481 e. The molecule has 4 amide bonds. The molecule has 0 aromatic heterocycles. The molecule has 3 aromatic rings. The molecule has 0 aliphatic carbocycles. The van der Waals surface area contributed by atoms with Crippen LogP contribution >= 0.6 is 0 Å². The first-order valence-corrected chi connectivity index (χ1v) is 12.5. The van der Waals surface area contributed by atoms with Crippen molar-refractivity contribution in [2.24, 2.45) is 0 Å². The summed E-state index contributed by atoms with van der Waals surface area (Å²) in [6.07, 6.45) is 1.07. The number of benzene rings is 3. The van der Waals surface area contributed by atoms with E-state index in [4.69, 9.17) is 0 Å². The van der Waals surface area contributed by atoms with Crippen molar-refractivity contribution in [3.05, 3.63) is 95.6 Å². The van der Waals surface area contributed by atoms with E-state index < -0.39 is 12.0 Å². The molecule has 1 atom stereocenters. The second-order valence-electron chi connectivity index (χ2n) is 9.18. The monoisotopic (exact) mass is 514 g/mol. The first kappa shape index (κ1) is 26.4. The van der Waals surface area contributed by atoms with Crippen molar-refractivity contribution in [3.63, 3.8) is 0 Å². The Kier molecular flexibility index (Phi) is 8.71. The Labute approximate surface area is 220 Å². The van der Waals surface area contributed by atoms with Crippen LogP contribution in [0, 0.1) is 0 Å². The third-order valence-electron chi connectivity index (χ3n) is 6.37. The molecule has 9 heteroatoms. The van der Waals surface area contributed by atoms with E-state index in [0.29, 0.717) is 37.3 Å². The number of nitrogens with zero attached hydrogens (tertiary/aromatic N) is 1. The van der Waals surface area contributed by atoms with E-state index in [-0.39, 0.29) is 36.3 Å². The molecule has 4 N–H and O–H groups in total. The van der Waals surface area contributed by atoms with Gasteiger partial charge < -0.3 is 26.0 Å². The summed E-state index contributed by atoms with van der Waals surface area (Å²) >= 11 is 0. The van der Waals surface area contributed by atoms with Crippen molar-refractivity contribution in [2.75, 3.05) is 23.7 Å². The average molecular weight is 515 g/mol. The Morgan fingerprint density at radius 1 is 0.974 bits per heavy atom. The lowest BCUT2D eigenvalue weighted by Crippen LogP contribution is -2.36. The third kappa shape index (κ3) is 7.19. The predicted molar refractivity (Wildman–Crippen MR) is 144 cm³/mol. The van der Waals surface area contributed by atoms with Gasteiger partial charge in [-0.25, -0.2) is 4.79 Å². The maximum atomic E-state index is 13.4. The van der Waals surface area contributed by atoms with Gasteiger partial charge in [0.15, 0.2) is 0 Å². The Morgan fingerprint density at radius 2 is 1.68 bits per heavy atom. The number of carbonyl (C=O) groups is 4. The fraction of sp³-hybridized carbons (Fsp3) is 0.241. The third-order valence-corrected chi connectivity index (χ3v) is 6.37. The van der Waals surface area contributed by atoms with Gasteiger partial charge in [-0.1, -0.05) is 60.7 Å². The van der Waals surface area contributed by atoms with Crippen molar-refractivity contribution in [3.8, 4) is 0 Å². The van der Waals surface area contributed by atoms with Crippen molar-refractivity contribution in [2.45, 2.75) is 31.7 Å². The molecule has 3 aromatic carbocycles. The zero-order chi connectivity index (χ0) is 26.9. The Hall–Kier alpha value is -4.66. The van der Waals surface area contributed by atoms with E-state index in [1.165, 1.54) is 4.90 Å². The number of rotatable bonds is 10. The molecule has 0 saturated carbocycles. The molecular weight excluding hydrogens is 484 g/mol. The lowest BCUT2D eigenvalue weighted by molar-refractivity contribution is -0.137. The Morgan fingerprint density at radius 3 is 2.39 bits per heavy atom. The molecule has 1 aliphatic rings. The lowest BCUT2D eigenvalue weighted by atomic mass is 9.91. The highest BCUT2D eigenvalue weighted by Crippen LogP contribution is 2.27. The van der Waals surface area contributed by atoms with Crippen molar-refractivity contribution in [1.29, 1.82) is 0 Å². The molecule has 4 rings (SSSR count). The fourth-order valence-corrected chi connectivity index (χ4v) is 4.50. The molecule has 9 nitrogen and oxygen atoms in total. The first-order valence-electron chi connectivity index (χ1n) is 12.5. The van der Waals surface area contributed by atoms with Gasteiger partial charge in [0.1, 0.15) is 6.54 Å². The second-order valence-corrected chi connectivity index (χ2v) is 9.18. The lowest BCUT2D eigenvalue weighted by Gasteiger charge is -2.22. The van der Waals surface area contributed by atoms with Crippen LogP contribution < -0.4 is 16.0 Å². The number of hydrogen-bond acceptors (Lipinski definition) is 4. The fourth-order valence-electron chi connectivity index (χ4n) is 4.50. The number of anilines is 2. The first-order chi connectivity index (χ1) is 18.4. The molecule has 0 bridgehead atoms. The number of carbonyl (C=O) groups excluding carboxylic acids is 3. The SMILES string of the molecule is O=C(O)C[C@@H](CCCN1CC(=O)Nc2ccc(NC(=O)NCc3ccccc3)cc2C1=O)c1ccccc1. The number of nitrogens with one attached hydrogen (secondary N) is 3. The number of carboxylic acid groups (broad SMARTS) is 1. The molecule has 0 saturated heterocycles. The van der Waals surface area contributed by atoms with Gasteiger partial charge in [0.2, 0.25) is 5.91 Å². The van der Waals surface area contributed by atoms with Gasteiger partial charge in [-0.3, -0.25) is 14.4 Å². The Bertz CT molecular complexity index is 1300. The summed E-state index contributed by atoms with van der Waals surface area (Å²) in [5.74, 6) is -1.72.